The van der Waals surface area contributed by atoms with Crippen molar-refractivity contribution >= 4 is 0 Å². The standard InChI is InChI=1S/C10H14O3/c1-7(12)9-5-3-4-8(6-11)10(9)13-2/h3-5,7,11-12H,6H2,1-2H3. The molecule has 0 aliphatic heterocycles. The van der Waals surface area contributed by atoms with Crippen LogP contribution in [-0.4, -0.2) is 17.3 Å². The molecule has 0 heterocycles. The molecule has 1 aromatic carbocycles. The number of methoxy groups -OCH3 is 1. The van der Waals surface area contributed by atoms with Crippen LogP contribution < -0.4 is 4.74 Å². The average Bonchev–Trinajstić information content (AvgIpc) is 2.16. The van der Waals surface area contributed by atoms with Crippen molar-refractivity contribution in [3.8, 4) is 5.75 Å². The van der Waals surface area contributed by atoms with Gasteiger partial charge in [0.15, 0.2) is 0 Å². The molecule has 1 aromatic rings. The zero-order valence-corrected chi connectivity index (χ0v) is 7.82. The first-order chi connectivity index (χ1) is 6.20. The summed E-state index contributed by atoms with van der Waals surface area (Å²) in [6.45, 7) is 1.59. The first-order valence-electron chi connectivity index (χ1n) is 4.15. The normalized spacial score (nSPS) is 12.6. The van der Waals surface area contributed by atoms with Crippen LogP contribution in [0.15, 0.2) is 18.2 Å². The van der Waals surface area contributed by atoms with E-state index in [1.165, 1.54) is 7.11 Å². The van der Waals surface area contributed by atoms with Crippen LogP contribution in [0.1, 0.15) is 24.2 Å². The predicted molar refractivity (Wildman–Crippen MR) is 49.6 cm³/mol. The quantitative estimate of drug-likeness (QED) is 0.739. The van der Waals surface area contributed by atoms with Crippen LogP contribution in [0.3, 0.4) is 0 Å². The van der Waals surface area contributed by atoms with E-state index in [2.05, 4.69) is 0 Å². The molecule has 13 heavy (non-hydrogen) atoms. The Balaban J connectivity index is 3.19. The van der Waals surface area contributed by atoms with E-state index in [0.717, 1.165) is 0 Å². The number of benzene rings is 1. The molecule has 0 aliphatic rings. The fourth-order valence-corrected chi connectivity index (χ4v) is 1.31. The summed E-state index contributed by atoms with van der Waals surface area (Å²) in [6.07, 6.45) is -0.582. The topological polar surface area (TPSA) is 49.7 Å². The summed E-state index contributed by atoms with van der Waals surface area (Å²) in [4.78, 5) is 0. The Hall–Kier alpha value is -1.06. The second-order valence-corrected chi connectivity index (χ2v) is 2.87. The van der Waals surface area contributed by atoms with E-state index in [9.17, 15) is 5.11 Å². The van der Waals surface area contributed by atoms with Crippen LogP contribution in [0.5, 0.6) is 5.75 Å². The molecule has 0 fully saturated rings. The third-order valence-corrected chi connectivity index (χ3v) is 1.95. The first kappa shape index (κ1) is 10.0. The Bertz CT molecular complexity index is 281. The van der Waals surface area contributed by atoms with Gasteiger partial charge >= 0.3 is 0 Å². The van der Waals surface area contributed by atoms with Gasteiger partial charge in [0, 0.05) is 11.1 Å². The van der Waals surface area contributed by atoms with Crippen LogP contribution in [0, 0.1) is 0 Å². The molecule has 0 saturated heterocycles. The number of hydrogen-bond donors (Lipinski definition) is 2. The minimum absolute atomic E-state index is 0.0796. The molecule has 0 radical (unpaired) electrons. The lowest BCUT2D eigenvalue weighted by molar-refractivity contribution is 0.193. The second-order valence-electron chi connectivity index (χ2n) is 2.87. The highest BCUT2D eigenvalue weighted by atomic mass is 16.5. The molecule has 0 amide bonds. The van der Waals surface area contributed by atoms with Crippen LogP contribution in [-0.2, 0) is 6.61 Å². The molecule has 0 aromatic heterocycles. The predicted octanol–water partition coefficient (Wildman–Crippen LogP) is 1.24. The third-order valence-electron chi connectivity index (χ3n) is 1.95. The lowest BCUT2D eigenvalue weighted by atomic mass is 10.1. The SMILES string of the molecule is COc1c(CO)cccc1C(C)O. The zero-order chi connectivity index (χ0) is 9.84. The fraction of sp³-hybridized carbons (Fsp3) is 0.400. The lowest BCUT2D eigenvalue weighted by Gasteiger charge is -2.13. The first-order valence-corrected chi connectivity index (χ1v) is 4.15. The van der Waals surface area contributed by atoms with Gasteiger partial charge in [-0.05, 0) is 6.92 Å². The van der Waals surface area contributed by atoms with E-state index in [1.807, 2.05) is 0 Å². The summed E-state index contributed by atoms with van der Waals surface area (Å²) < 4.78 is 5.11. The Morgan fingerprint density at radius 2 is 2.15 bits per heavy atom. The molecule has 3 heteroatoms. The number of ether oxygens (including phenoxy) is 1. The van der Waals surface area contributed by atoms with Gasteiger partial charge in [0.05, 0.1) is 19.8 Å². The maximum Gasteiger partial charge on any atom is 0.130 e. The highest BCUT2D eigenvalue weighted by Gasteiger charge is 2.11. The van der Waals surface area contributed by atoms with Crippen LogP contribution in [0.2, 0.25) is 0 Å². The van der Waals surface area contributed by atoms with Gasteiger partial charge < -0.3 is 14.9 Å². The van der Waals surface area contributed by atoms with E-state index < -0.39 is 6.10 Å². The minimum Gasteiger partial charge on any atom is -0.496 e. The van der Waals surface area contributed by atoms with Crippen molar-refractivity contribution in [3.63, 3.8) is 0 Å². The van der Waals surface area contributed by atoms with Gasteiger partial charge in [0.25, 0.3) is 0 Å². The summed E-state index contributed by atoms with van der Waals surface area (Å²) in [5.41, 5.74) is 1.40. The molecule has 0 bridgehead atoms. The monoisotopic (exact) mass is 182 g/mol. The molecule has 0 aliphatic carbocycles. The summed E-state index contributed by atoms with van der Waals surface area (Å²) in [5, 5.41) is 18.4. The Kier molecular flexibility index (Phi) is 3.28. The van der Waals surface area contributed by atoms with E-state index in [1.54, 1.807) is 25.1 Å². The van der Waals surface area contributed by atoms with Gasteiger partial charge in [0.1, 0.15) is 5.75 Å². The highest BCUT2D eigenvalue weighted by Crippen LogP contribution is 2.28. The van der Waals surface area contributed by atoms with Crippen LogP contribution in [0.25, 0.3) is 0 Å². The average molecular weight is 182 g/mol. The second kappa shape index (κ2) is 4.25. The van der Waals surface area contributed by atoms with Gasteiger partial charge in [-0.2, -0.15) is 0 Å². The van der Waals surface area contributed by atoms with Crippen LogP contribution >= 0.6 is 0 Å². The number of aliphatic hydroxyl groups excluding tert-OH is 2. The third kappa shape index (κ3) is 1.99. The van der Waals surface area contributed by atoms with Crippen molar-refractivity contribution in [2.24, 2.45) is 0 Å². The molecule has 0 spiro atoms. The van der Waals surface area contributed by atoms with Crippen molar-refractivity contribution in [2.45, 2.75) is 19.6 Å². The van der Waals surface area contributed by atoms with E-state index in [0.29, 0.717) is 16.9 Å². The molecule has 0 saturated carbocycles. The fourth-order valence-electron chi connectivity index (χ4n) is 1.31. The van der Waals surface area contributed by atoms with Gasteiger partial charge in [-0.15, -0.1) is 0 Å². The largest absolute Gasteiger partial charge is 0.496 e. The Morgan fingerprint density at radius 3 is 2.62 bits per heavy atom. The maximum absolute atomic E-state index is 9.39. The van der Waals surface area contributed by atoms with Crippen molar-refractivity contribution < 1.29 is 14.9 Å². The van der Waals surface area contributed by atoms with Gasteiger partial charge in [-0.3, -0.25) is 0 Å². The van der Waals surface area contributed by atoms with Crippen molar-refractivity contribution in [1.82, 2.24) is 0 Å². The number of hydrogen-bond acceptors (Lipinski definition) is 3. The molecule has 1 atom stereocenters. The van der Waals surface area contributed by atoms with Gasteiger partial charge in [0.2, 0.25) is 0 Å². The summed E-state index contributed by atoms with van der Waals surface area (Å²) >= 11 is 0. The molecule has 1 unspecified atom stereocenters. The summed E-state index contributed by atoms with van der Waals surface area (Å²) in [7, 11) is 1.53. The number of rotatable bonds is 3. The zero-order valence-electron chi connectivity index (χ0n) is 7.82. The smallest absolute Gasteiger partial charge is 0.130 e. The molecule has 1 rings (SSSR count). The number of para-hydroxylation sites is 1. The molecule has 3 nitrogen and oxygen atoms in total. The molecule has 2 N–H and O–H groups in total. The Morgan fingerprint density at radius 1 is 1.46 bits per heavy atom. The maximum atomic E-state index is 9.39. The van der Waals surface area contributed by atoms with Gasteiger partial charge in [-0.25, -0.2) is 0 Å². The summed E-state index contributed by atoms with van der Waals surface area (Å²) in [6, 6.07) is 5.34. The molecular weight excluding hydrogens is 168 g/mol. The van der Waals surface area contributed by atoms with E-state index in [4.69, 9.17) is 9.84 Å². The van der Waals surface area contributed by atoms with Gasteiger partial charge in [-0.1, -0.05) is 18.2 Å². The van der Waals surface area contributed by atoms with Crippen molar-refractivity contribution in [2.75, 3.05) is 7.11 Å². The Labute approximate surface area is 77.6 Å². The lowest BCUT2D eigenvalue weighted by Crippen LogP contribution is -2.00. The molecular formula is C10H14O3. The van der Waals surface area contributed by atoms with Crippen LogP contribution in [0.4, 0.5) is 0 Å². The van der Waals surface area contributed by atoms with E-state index >= 15 is 0 Å². The minimum atomic E-state index is -0.582. The molecule has 72 valence electrons. The number of aliphatic hydroxyl groups is 2. The van der Waals surface area contributed by atoms with Crippen molar-refractivity contribution in [1.29, 1.82) is 0 Å². The van der Waals surface area contributed by atoms with Crippen molar-refractivity contribution in [3.05, 3.63) is 29.3 Å². The summed E-state index contributed by atoms with van der Waals surface area (Å²) in [5.74, 6) is 0.569. The van der Waals surface area contributed by atoms with E-state index in [-0.39, 0.29) is 6.61 Å². The highest BCUT2D eigenvalue weighted by molar-refractivity contribution is 5.42.